The maximum Gasteiger partial charge on any atom is 0.328 e. The van der Waals surface area contributed by atoms with Gasteiger partial charge in [0.2, 0.25) is 0 Å². The van der Waals surface area contributed by atoms with Crippen molar-refractivity contribution in [2.45, 2.75) is 6.92 Å². The largest absolute Gasteiger partial charge is 0.478 e. The van der Waals surface area contributed by atoms with Crippen LogP contribution in [0.2, 0.25) is 0 Å². The van der Waals surface area contributed by atoms with Gasteiger partial charge in [0.05, 0.1) is 13.2 Å². The van der Waals surface area contributed by atoms with Crippen molar-refractivity contribution >= 4 is 17.7 Å². The molecule has 0 aliphatic heterocycles. The molecule has 21 heavy (non-hydrogen) atoms. The van der Waals surface area contributed by atoms with Gasteiger partial charge >= 0.3 is 5.97 Å². The van der Waals surface area contributed by atoms with E-state index >= 15 is 0 Å². The molecule has 0 atom stereocenters. The zero-order valence-corrected chi connectivity index (χ0v) is 12.8. The summed E-state index contributed by atoms with van der Waals surface area (Å²) in [6, 6.07) is 5.89. The van der Waals surface area contributed by atoms with Crippen molar-refractivity contribution in [2.24, 2.45) is 0 Å². The number of hydrogen-bond donors (Lipinski definition) is 1. The molecule has 5 nitrogen and oxygen atoms in total. The molecule has 0 saturated heterocycles. The molecule has 1 N–H and O–H groups in total. The van der Waals surface area contributed by atoms with Gasteiger partial charge < -0.3 is 19.5 Å². The zero-order chi connectivity index (χ0) is 15.7. The first-order valence-corrected chi connectivity index (χ1v) is 6.83. The number of nitrogens with zero attached hydrogens (tertiary/aromatic N) is 1. The first kappa shape index (κ1) is 17.2. The maximum absolute atomic E-state index is 10.5. The number of carboxylic acids is 1. The minimum atomic E-state index is -0.946. The molecule has 0 saturated carbocycles. The average molecular weight is 293 g/mol. The molecule has 5 heteroatoms. The van der Waals surface area contributed by atoms with Crippen LogP contribution in [0.15, 0.2) is 24.3 Å². The van der Waals surface area contributed by atoms with Gasteiger partial charge in [-0.15, -0.1) is 0 Å². The van der Waals surface area contributed by atoms with Crippen molar-refractivity contribution in [2.75, 3.05) is 45.4 Å². The van der Waals surface area contributed by atoms with E-state index in [4.69, 9.17) is 14.6 Å². The summed E-state index contributed by atoms with van der Waals surface area (Å²) in [4.78, 5) is 12.7. The first-order valence-electron chi connectivity index (χ1n) is 6.83. The molecule has 116 valence electrons. The molecule has 0 fully saturated rings. The van der Waals surface area contributed by atoms with E-state index in [1.807, 2.05) is 25.1 Å². The van der Waals surface area contributed by atoms with E-state index in [2.05, 4.69) is 4.90 Å². The summed E-state index contributed by atoms with van der Waals surface area (Å²) >= 11 is 0. The SMILES string of the molecule is COCCN(CCOC)c1ccc(C=CC(=O)O)cc1C. The first-order chi connectivity index (χ1) is 10.1. The third kappa shape index (κ3) is 5.97. The van der Waals surface area contributed by atoms with Crippen molar-refractivity contribution in [3.8, 4) is 0 Å². The van der Waals surface area contributed by atoms with Gasteiger partial charge in [0, 0.05) is 39.1 Å². The van der Waals surface area contributed by atoms with Crippen LogP contribution in [-0.2, 0) is 14.3 Å². The number of aryl methyl sites for hydroxylation is 1. The molecule has 0 aliphatic carbocycles. The smallest absolute Gasteiger partial charge is 0.328 e. The molecule has 0 heterocycles. The predicted molar refractivity (Wildman–Crippen MR) is 83.8 cm³/mol. The molecule has 0 bridgehead atoms. The van der Waals surface area contributed by atoms with Gasteiger partial charge in [0.15, 0.2) is 0 Å². The average Bonchev–Trinajstić information content (AvgIpc) is 2.46. The second-order valence-electron chi connectivity index (χ2n) is 4.69. The highest BCUT2D eigenvalue weighted by Crippen LogP contribution is 2.22. The summed E-state index contributed by atoms with van der Waals surface area (Å²) in [5.74, 6) is -0.946. The number of ether oxygens (including phenoxy) is 2. The van der Waals surface area contributed by atoms with E-state index in [1.165, 1.54) is 0 Å². The third-order valence-corrected chi connectivity index (χ3v) is 3.11. The van der Waals surface area contributed by atoms with Crippen molar-refractivity contribution in [3.63, 3.8) is 0 Å². The summed E-state index contributed by atoms with van der Waals surface area (Å²) in [6.07, 6.45) is 2.73. The van der Waals surface area contributed by atoms with Crippen molar-refractivity contribution in [1.29, 1.82) is 0 Å². The molecule has 0 radical (unpaired) electrons. The van der Waals surface area contributed by atoms with Crippen LogP contribution in [0.3, 0.4) is 0 Å². The van der Waals surface area contributed by atoms with Crippen molar-refractivity contribution in [3.05, 3.63) is 35.4 Å². The molecular formula is C16H23NO4. The number of carboxylic acid groups (broad SMARTS) is 1. The summed E-state index contributed by atoms with van der Waals surface area (Å²) in [6.45, 7) is 4.86. The Balaban J connectivity index is 2.89. The summed E-state index contributed by atoms with van der Waals surface area (Å²) in [5.41, 5.74) is 3.07. The predicted octanol–water partition coefficient (Wildman–Crippen LogP) is 2.19. The molecule has 1 rings (SSSR count). The van der Waals surface area contributed by atoms with Crippen molar-refractivity contribution < 1.29 is 19.4 Å². The number of hydrogen-bond acceptors (Lipinski definition) is 4. The Morgan fingerprint density at radius 1 is 1.24 bits per heavy atom. The number of methoxy groups -OCH3 is 2. The number of carbonyl (C=O) groups is 1. The van der Waals surface area contributed by atoms with E-state index in [0.29, 0.717) is 13.2 Å². The van der Waals surface area contributed by atoms with E-state index in [-0.39, 0.29) is 0 Å². The standard InChI is InChI=1S/C16H23NO4/c1-13-12-14(5-7-16(18)19)4-6-15(13)17(8-10-20-2)9-11-21-3/h4-7,12H,8-11H2,1-3H3,(H,18,19). The van der Waals surface area contributed by atoms with Gasteiger partial charge in [0.1, 0.15) is 0 Å². The maximum atomic E-state index is 10.5. The van der Waals surface area contributed by atoms with Crippen molar-refractivity contribution in [1.82, 2.24) is 0 Å². The second-order valence-corrected chi connectivity index (χ2v) is 4.69. The Bertz CT molecular complexity index is 477. The fourth-order valence-corrected chi connectivity index (χ4v) is 2.06. The molecule has 1 aromatic rings. The number of anilines is 1. The van der Waals surface area contributed by atoms with Crippen LogP contribution in [0.25, 0.3) is 6.08 Å². The fourth-order valence-electron chi connectivity index (χ4n) is 2.06. The summed E-state index contributed by atoms with van der Waals surface area (Å²) in [5, 5.41) is 8.66. The van der Waals surface area contributed by atoms with Gasteiger partial charge in [-0.05, 0) is 36.3 Å². The Morgan fingerprint density at radius 2 is 1.86 bits per heavy atom. The second kappa shape index (κ2) is 9.15. The number of benzene rings is 1. The lowest BCUT2D eigenvalue weighted by Gasteiger charge is -2.26. The van der Waals surface area contributed by atoms with E-state index < -0.39 is 5.97 Å². The number of aliphatic carboxylic acids is 1. The number of rotatable bonds is 9. The highest BCUT2D eigenvalue weighted by molar-refractivity contribution is 5.85. The monoisotopic (exact) mass is 293 g/mol. The fraction of sp³-hybridized carbons (Fsp3) is 0.438. The van der Waals surface area contributed by atoms with Gasteiger partial charge in [-0.2, -0.15) is 0 Å². The molecule has 0 aromatic heterocycles. The van der Waals surface area contributed by atoms with Crippen LogP contribution in [0.5, 0.6) is 0 Å². The Labute approximate surface area is 125 Å². The molecule has 0 spiro atoms. The van der Waals surface area contributed by atoms with Gasteiger partial charge in [-0.1, -0.05) is 6.07 Å². The third-order valence-electron chi connectivity index (χ3n) is 3.11. The highest BCUT2D eigenvalue weighted by atomic mass is 16.5. The van der Waals surface area contributed by atoms with E-state index in [1.54, 1.807) is 20.3 Å². The Hall–Kier alpha value is -1.85. The normalized spacial score (nSPS) is 11.0. The minimum Gasteiger partial charge on any atom is -0.478 e. The van der Waals surface area contributed by atoms with Gasteiger partial charge in [0.25, 0.3) is 0 Å². The highest BCUT2D eigenvalue weighted by Gasteiger charge is 2.09. The molecule has 0 amide bonds. The van der Waals surface area contributed by atoms with E-state index in [9.17, 15) is 4.79 Å². The topological polar surface area (TPSA) is 59.0 Å². The van der Waals surface area contributed by atoms with E-state index in [0.717, 1.165) is 36.0 Å². The Kier molecular flexibility index (Phi) is 7.50. The molecular weight excluding hydrogens is 270 g/mol. The van der Waals surface area contributed by atoms with Crippen LogP contribution in [0.1, 0.15) is 11.1 Å². The van der Waals surface area contributed by atoms with Crippen LogP contribution < -0.4 is 4.90 Å². The van der Waals surface area contributed by atoms with Crippen LogP contribution in [-0.4, -0.2) is 51.6 Å². The summed E-state index contributed by atoms with van der Waals surface area (Å²) in [7, 11) is 3.36. The quantitative estimate of drug-likeness (QED) is 0.707. The molecule has 0 aliphatic rings. The molecule has 1 aromatic carbocycles. The lowest BCUT2D eigenvalue weighted by molar-refractivity contribution is -0.131. The minimum absolute atomic E-state index is 0.643. The van der Waals surface area contributed by atoms with Crippen LogP contribution >= 0.6 is 0 Å². The van der Waals surface area contributed by atoms with Crippen LogP contribution in [0, 0.1) is 6.92 Å². The lowest BCUT2D eigenvalue weighted by Crippen LogP contribution is -2.31. The van der Waals surface area contributed by atoms with Gasteiger partial charge in [-0.25, -0.2) is 4.79 Å². The van der Waals surface area contributed by atoms with Crippen LogP contribution in [0.4, 0.5) is 5.69 Å². The molecule has 0 unspecified atom stereocenters. The zero-order valence-electron chi connectivity index (χ0n) is 12.8. The summed E-state index contributed by atoms with van der Waals surface area (Å²) < 4.78 is 10.3. The lowest BCUT2D eigenvalue weighted by atomic mass is 10.1. The van der Waals surface area contributed by atoms with Gasteiger partial charge in [-0.3, -0.25) is 0 Å². The Morgan fingerprint density at radius 3 is 2.33 bits per heavy atom.